The van der Waals surface area contributed by atoms with Crippen LogP contribution in [0.3, 0.4) is 0 Å². The number of rotatable bonds is 4. The summed E-state index contributed by atoms with van der Waals surface area (Å²) in [5.41, 5.74) is 1.54. The van der Waals surface area contributed by atoms with Gasteiger partial charge in [-0.15, -0.1) is 0 Å². The van der Waals surface area contributed by atoms with E-state index in [9.17, 15) is 0 Å². The first-order chi connectivity index (χ1) is 7.87. The summed E-state index contributed by atoms with van der Waals surface area (Å²) >= 11 is 0. The topological polar surface area (TPSA) is 0 Å². The zero-order chi connectivity index (χ0) is 11.3. The Morgan fingerprint density at radius 2 is 1.69 bits per heavy atom. The molecule has 0 unspecified atom stereocenters. The van der Waals surface area contributed by atoms with Crippen LogP contribution >= 0.6 is 0 Å². The number of unbranched alkanes of at least 4 members (excludes halogenated alkanes) is 1. The number of para-hydroxylation sites is 1. The molecule has 0 aromatic heterocycles. The van der Waals surface area contributed by atoms with Crippen LogP contribution in [0.1, 0.15) is 39.0 Å². The molecule has 1 aromatic rings. The Balaban J connectivity index is 2.19. The molecule has 0 spiro atoms. The molecule has 16 heavy (non-hydrogen) atoms. The van der Waals surface area contributed by atoms with Crippen LogP contribution in [0, 0.1) is 0 Å². The lowest BCUT2D eigenvalue weighted by Gasteiger charge is -2.41. The number of nitrogens with zero attached hydrogens (tertiary/aromatic N) is 1. The SMILES string of the molecule is CCCC[N+]1(c2ccccc2)CCCCC1. The van der Waals surface area contributed by atoms with Crippen LogP contribution in [0.2, 0.25) is 0 Å². The predicted molar refractivity (Wildman–Crippen MR) is 71.6 cm³/mol. The molecule has 0 amide bonds. The van der Waals surface area contributed by atoms with E-state index in [2.05, 4.69) is 37.3 Å². The minimum absolute atomic E-state index is 1.24. The Morgan fingerprint density at radius 3 is 2.31 bits per heavy atom. The largest absolute Gasteiger partial charge is 0.291 e. The van der Waals surface area contributed by atoms with E-state index in [1.165, 1.54) is 61.9 Å². The van der Waals surface area contributed by atoms with Crippen molar-refractivity contribution in [1.29, 1.82) is 0 Å². The summed E-state index contributed by atoms with van der Waals surface area (Å²) in [6.45, 7) is 6.33. The molecular formula is C15H24N+. The molecule has 0 radical (unpaired) electrons. The van der Waals surface area contributed by atoms with Crippen LogP contribution in [-0.4, -0.2) is 19.6 Å². The molecule has 88 valence electrons. The Morgan fingerprint density at radius 1 is 1.00 bits per heavy atom. The Bertz CT molecular complexity index is 298. The number of likely N-dealkylation sites (tertiary alicyclic amines) is 1. The lowest BCUT2D eigenvalue weighted by molar-refractivity contribution is 0.225. The summed E-state index contributed by atoms with van der Waals surface area (Å²) in [6, 6.07) is 11.2. The van der Waals surface area contributed by atoms with Gasteiger partial charge in [0.05, 0.1) is 19.6 Å². The van der Waals surface area contributed by atoms with Gasteiger partial charge in [-0.3, -0.25) is 4.48 Å². The molecule has 2 rings (SSSR count). The molecule has 1 heteroatoms. The van der Waals surface area contributed by atoms with E-state index in [0.29, 0.717) is 0 Å². The highest BCUT2D eigenvalue weighted by Gasteiger charge is 2.31. The molecule has 0 N–H and O–H groups in total. The Labute approximate surface area is 99.7 Å². The summed E-state index contributed by atoms with van der Waals surface area (Å²) in [6.07, 6.45) is 6.90. The van der Waals surface area contributed by atoms with Gasteiger partial charge in [0.25, 0.3) is 0 Å². The second-order valence-electron chi connectivity index (χ2n) is 5.07. The first-order valence-corrected chi connectivity index (χ1v) is 6.79. The quantitative estimate of drug-likeness (QED) is 0.671. The molecule has 1 aliphatic rings. The Kier molecular flexibility index (Phi) is 4.00. The molecule has 1 heterocycles. The number of hydrogen-bond donors (Lipinski definition) is 0. The molecular weight excluding hydrogens is 194 g/mol. The molecule has 0 aliphatic carbocycles. The molecule has 0 bridgehead atoms. The normalized spacial score (nSPS) is 19.6. The van der Waals surface area contributed by atoms with Crippen molar-refractivity contribution >= 4 is 5.69 Å². The van der Waals surface area contributed by atoms with E-state index >= 15 is 0 Å². The molecule has 1 aromatic carbocycles. The number of hydrogen-bond acceptors (Lipinski definition) is 0. The zero-order valence-electron chi connectivity index (χ0n) is 10.5. The first-order valence-electron chi connectivity index (χ1n) is 6.79. The van der Waals surface area contributed by atoms with Crippen molar-refractivity contribution in [2.24, 2.45) is 0 Å². The van der Waals surface area contributed by atoms with Crippen molar-refractivity contribution in [3.8, 4) is 0 Å². The van der Waals surface area contributed by atoms with Gasteiger partial charge in [-0.05, 0) is 37.8 Å². The van der Waals surface area contributed by atoms with Crippen molar-refractivity contribution in [3.63, 3.8) is 0 Å². The van der Waals surface area contributed by atoms with Crippen LogP contribution in [0.4, 0.5) is 5.69 Å². The first kappa shape index (κ1) is 11.7. The average molecular weight is 218 g/mol. The maximum absolute atomic E-state index is 2.32. The van der Waals surface area contributed by atoms with Gasteiger partial charge in [0, 0.05) is 0 Å². The van der Waals surface area contributed by atoms with Crippen LogP contribution in [-0.2, 0) is 0 Å². The van der Waals surface area contributed by atoms with E-state index in [0.717, 1.165) is 0 Å². The second-order valence-corrected chi connectivity index (χ2v) is 5.07. The molecule has 1 nitrogen and oxygen atoms in total. The minimum atomic E-state index is 1.24. The lowest BCUT2D eigenvalue weighted by atomic mass is 10.0. The van der Waals surface area contributed by atoms with Gasteiger partial charge in [-0.25, -0.2) is 0 Å². The Hall–Kier alpha value is -0.820. The van der Waals surface area contributed by atoms with Crippen LogP contribution < -0.4 is 4.48 Å². The van der Waals surface area contributed by atoms with Crippen LogP contribution in [0.15, 0.2) is 30.3 Å². The van der Waals surface area contributed by atoms with E-state index < -0.39 is 0 Å². The summed E-state index contributed by atoms with van der Waals surface area (Å²) in [5.74, 6) is 0. The van der Waals surface area contributed by atoms with E-state index in [1.807, 2.05) is 0 Å². The third-order valence-corrected chi connectivity index (χ3v) is 3.92. The van der Waals surface area contributed by atoms with Gasteiger partial charge in [-0.2, -0.15) is 0 Å². The summed E-state index contributed by atoms with van der Waals surface area (Å²) < 4.78 is 1.24. The van der Waals surface area contributed by atoms with Gasteiger partial charge in [0.15, 0.2) is 0 Å². The zero-order valence-corrected chi connectivity index (χ0v) is 10.5. The molecule has 1 fully saturated rings. The van der Waals surface area contributed by atoms with Gasteiger partial charge >= 0.3 is 0 Å². The third kappa shape index (κ3) is 2.46. The van der Waals surface area contributed by atoms with Crippen molar-refractivity contribution in [3.05, 3.63) is 30.3 Å². The lowest BCUT2D eigenvalue weighted by Crippen LogP contribution is -2.53. The number of benzene rings is 1. The van der Waals surface area contributed by atoms with E-state index in [1.54, 1.807) is 0 Å². The average Bonchev–Trinajstić information content (AvgIpc) is 2.38. The third-order valence-electron chi connectivity index (χ3n) is 3.92. The highest BCUT2D eigenvalue weighted by Crippen LogP contribution is 2.28. The van der Waals surface area contributed by atoms with Crippen molar-refractivity contribution in [2.45, 2.75) is 39.0 Å². The molecule has 0 saturated carbocycles. The standard InChI is InChI=1S/C15H24N/c1-2-3-12-16(13-8-5-9-14-16)15-10-6-4-7-11-15/h4,6-7,10-11H,2-3,5,8-9,12-14H2,1H3/q+1. The van der Waals surface area contributed by atoms with Crippen molar-refractivity contribution < 1.29 is 0 Å². The van der Waals surface area contributed by atoms with E-state index in [-0.39, 0.29) is 0 Å². The van der Waals surface area contributed by atoms with Crippen molar-refractivity contribution in [1.82, 2.24) is 4.48 Å². The molecule has 0 atom stereocenters. The van der Waals surface area contributed by atoms with Crippen LogP contribution in [0.25, 0.3) is 0 Å². The summed E-state index contributed by atoms with van der Waals surface area (Å²) in [5, 5.41) is 0. The maximum atomic E-state index is 2.32. The highest BCUT2D eigenvalue weighted by atomic mass is 15.4. The summed E-state index contributed by atoms with van der Waals surface area (Å²) in [4.78, 5) is 0. The fourth-order valence-corrected chi connectivity index (χ4v) is 2.93. The molecule has 1 saturated heterocycles. The van der Waals surface area contributed by atoms with Gasteiger partial charge in [0.1, 0.15) is 5.69 Å². The predicted octanol–water partition coefficient (Wildman–Crippen LogP) is 3.98. The maximum Gasteiger partial charge on any atom is 0.132 e. The van der Waals surface area contributed by atoms with Gasteiger partial charge < -0.3 is 0 Å². The minimum Gasteiger partial charge on any atom is -0.291 e. The van der Waals surface area contributed by atoms with Crippen molar-refractivity contribution in [2.75, 3.05) is 19.6 Å². The molecule has 1 aliphatic heterocycles. The van der Waals surface area contributed by atoms with Crippen LogP contribution in [0.5, 0.6) is 0 Å². The fourth-order valence-electron chi connectivity index (χ4n) is 2.93. The fraction of sp³-hybridized carbons (Fsp3) is 0.600. The van der Waals surface area contributed by atoms with Gasteiger partial charge in [-0.1, -0.05) is 31.5 Å². The monoisotopic (exact) mass is 218 g/mol. The summed E-state index contributed by atoms with van der Waals surface area (Å²) in [7, 11) is 0. The second kappa shape index (κ2) is 5.49. The van der Waals surface area contributed by atoms with E-state index in [4.69, 9.17) is 0 Å². The number of quaternary nitrogens is 1. The highest BCUT2D eigenvalue weighted by molar-refractivity contribution is 5.42. The smallest absolute Gasteiger partial charge is 0.132 e. The number of piperidine rings is 1. The van der Waals surface area contributed by atoms with Gasteiger partial charge in [0.2, 0.25) is 0 Å².